The van der Waals surface area contributed by atoms with Gasteiger partial charge in [-0.1, -0.05) is 41.9 Å². The van der Waals surface area contributed by atoms with Crippen LogP contribution >= 0.6 is 22.9 Å². The molecule has 27 heavy (non-hydrogen) atoms. The largest absolute Gasteiger partial charge is 0.300 e. The Morgan fingerprint density at radius 2 is 1.74 bits per heavy atom. The molecule has 0 unspecified atom stereocenters. The molecule has 0 spiro atoms. The van der Waals surface area contributed by atoms with E-state index < -0.39 is 26.5 Å². The molecule has 0 atom stereocenters. The van der Waals surface area contributed by atoms with Gasteiger partial charge in [0.05, 0.1) is 17.2 Å². The number of thiophene rings is 1. The first kappa shape index (κ1) is 19.3. The minimum atomic E-state index is -4.16. The first-order chi connectivity index (χ1) is 12.8. The molecule has 0 N–H and O–H groups in total. The van der Waals surface area contributed by atoms with Crippen molar-refractivity contribution in [2.24, 2.45) is 0 Å². The summed E-state index contributed by atoms with van der Waals surface area (Å²) in [5.74, 6) is -0.509. The van der Waals surface area contributed by atoms with Gasteiger partial charge in [0, 0.05) is 6.07 Å². The topological polar surface area (TPSA) is 80.5 Å². The Kier molecular flexibility index (Phi) is 5.45. The number of anilines is 1. The smallest absolute Gasteiger partial charge is 0.261 e. The maximum Gasteiger partial charge on any atom is 0.300 e. The summed E-state index contributed by atoms with van der Waals surface area (Å²) in [5.41, 5.74) is 0.453. The number of rotatable bonds is 6. The number of sulfonamides is 1. The van der Waals surface area contributed by atoms with Crippen LogP contribution in [-0.4, -0.2) is 13.3 Å². The lowest BCUT2D eigenvalue weighted by Gasteiger charge is -2.23. The van der Waals surface area contributed by atoms with Crippen LogP contribution in [0.2, 0.25) is 4.34 Å². The van der Waals surface area contributed by atoms with Crippen LogP contribution in [0.3, 0.4) is 0 Å². The third-order valence-electron chi connectivity index (χ3n) is 3.67. The highest BCUT2D eigenvalue weighted by Crippen LogP contribution is 2.38. The minimum absolute atomic E-state index is 0.0296. The monoisotopic (exact) mass is 426 g/mol. The normalized spacial score (nSPS) is 11.3. The second kappa shape index (κ2) is 7.63. The Morgan fingerprint density at radius 3 is 2.30 bits per heavy atom. The van der Waals surface area contributed by atoms with Crippen molar-refractivity contribution < 1.29 is 17.7 Å². The SMILES string of the molecule is O=[N+]([O-])c1cc(S(=O)(=O)N(Cc2ccccc2)c2ccc(F)cc2)sc1Cl. The Bertz CT molecular complexity index is 1070. The standard InChI is InChI=1S/C17H12ClFN2O4S2/c18-17-15(21(22)23)10-16(26-17)27(24,25)20(11-12-4-2-1-3-5-12)14-8-6-13(19)7-9-14/h1-10H,11H2. The summed E-state index contributed by atoms with van der Waals surface area (Å²) in [5, 5.41) is 11.0. The quantitative estimate of drug-likeness (QED) is 0.417. The minimum Gasteiger partial charge on any atom is -0.261 e. The van der Waals surface area contributed by atoms with Crippen LogP contribution in [0.15, 0.2) is 64.9 Å². The molecular weight excluding hydrogens is 415 g/mol. The van der Waals surface area contributed by atoms with Gasteiger partial charge >= 0.3 is 0 Å². The fourth-order valence-corrected chi connectivity index (χ4v) is 5.60. The van der Waals surface area contributed by atoms with Crippen molar-refractivity contribution in [3.8, 4) is 0 Å². The van der Waals surface area contributed by atoms with Crippen molar-refractivity contribution in [1.29, 1.82) is 0 Å². The van der Waals surface area contributed by atoms with Gasteiger partial charge in [0.2, 0.25) is 0 Å². The highest BCUT2D eigenvalue weighted by molar-refractivity contribution is 7.94. The van der Waals surface area contributed by atoms with E-state index in [1.54, 1.807) is 30.3 Å². The average Bonchev–Trinajstić information content (AvgIpc) is 3.04. The van der Waals surface area contributed by atoms with Crippen LogP contribution < -0.4 is 4.31 Å². The highest BCUT2D eigenvalue weighted by Gasteiger charge is 2.31. The van der Waals surface area contributed by atoms with Gasteiger partial charge < -0.3 is 0 Å². The third kappa shape index (κ3) is 4.10. The Morgan fingerprint density at radius 1 is 1.11 bits per heavy atom. The van der Waals surface area contributed by atoms with Gasteiger partial charge in [-0.3, -0.25) is 14.4 Å². The van der Waals surface area contributed by atoms with E-state index in [9.17, 15) is 22.9 Å². The van der Waals surface area contributed by atoms with Crippen LogP contribution in [0.4, 0.5) is 15.8 Å². The van der Waals surface area contributed by atoms with Crippen molar-refractivity contribution in [1.82, 2.24) is 0 Å². The van der Waals surface area contributed by atoms with Crippen molar-refractivity contribution in [3.63, 3.8) is 0 Å². The van der Waals surface area contributed by atoms with Gasteiger partial charge in [0.25, 0.3) is 15.7 Å². The predicted octanol–water partition coefficient (Wildman–Crippen LogP) is 4.84. The molecule has 140 valence electrons. The van der Waals surface area contributed by atoms with Crippen LogP contribution in [0.5, 0.6) is 0 Å². The number of halogens is 2. The number of hydrogen-bond acceptors (Lipinski definition) is 5. The van der Waals surface area contributed by atoms with Gasteiger partial charge in [-0.15, -0.1) is 11.3 Å². The van der Waals surface area contributed by atoms with E-state index in [1.807, 2.05) is 0 Å². The fourth-order valence-electron chi connectivity index (χ4n) is 2.37. The first-order valence-corrected chi connectivity index (χ1v) is 10.2. The molecule has 0 amide bonds. The zero-order chi connectivity index (χ0) is 19.6. The first-order valence-electron chi connectivity index (χ1n) is 7.55. The highest BCUT2D eigenvalue weighted by atomic mass is 35.5. The van der Waals surface area contributed by atoms with E-state index >= 15 is 0 Å². The number of benzene rings is 2. The molecule has 1 heterocycles. The molecule has 0 aliphatic rings. The molecule has 3 aromatic rings. The number of nitrogens with zero attached hydrogens (tertiary/aromatic N) is 2. The lowest BCUT2D eigenvalue weighted by molar-refractivity contribution is -0.384. The second-order valence-electron chi connectivity index (χ2n) is 5.46. The van der Waals surface area contributed by atoms with Crippen molar-refractivity contribution in [2.45, 2.75) is 10.8 Å². The van der Waals surface area contributed by atoms with Crippen LogP contribution in [0.25, 0.3) is 0 Å². The molecule has 0 aliphatic carbocycles. The lowest BCUT2D eigenvalue weighted by atomic mass is 10.2. The Labute approximate surface area is 163 Å². The summed E-state index contributed by atoms with van der Waals surface area (Å²) in [6, 6.07) is 14.7. The zero-order valence-electron chi connectivity index (χ0n) is 13.6. The van der Waals surface area contributed by atoms with Gasteiger partial charge in [0.1, 0.15) is 10.0 Å². The lowest BCUT2D eigenvalue weighted by Crippen LogP contribution is -2.30. The summed E-state index contributed by atoms with van der Waals surface area (Å²) >= 11 is 6.43. The predicted molar refractivity (Wildman–Crippen MR) is 102 cm³/mol. The Balaban J connectivity index is 2.09. The van der Waals surface area contributed by atoms with E-state index in [1.165, 1.54) is 12.1 Å². The van der Waals surface area contributed by atoms with Gasteiger partial charge in [-0.25, -0.2) is 12.8 Å². The van der Waals surface area contributed by atoms with Crippen LogP contribution in [0.1, 0.15) is 5.56 Å². The molecule has 2 aromatic carbocycles. The molecule has 0 fully saturated rings. The molecule has 6 nitrogen and oxygen atoms in total. The molecule has 0 radical (unpaired) electrons. The van der Waals surface area contributed by atoms with E-state index in [0.29, 0.717) is 16.9 Å². The zero-order valence-corrected chi connectivity index (χ0v) is 16.0. The van der Waals surface area contributed by atoms with Crippen LogP contribution in [-0.2, 0) is 16.6 Å². The molecule has 0 saturated heterocycles. The molecular formula is C17H12ClFN2O4S2. The Hall–Kier alpha value is -2.49. The number of hydrogen-bond donors (Lipinski definition) is 0. The summed E-state index contributed by atoms with van der Waals surface area (Å²) in [6.45, 7) is -0.0296. The molecule has 0 aliphatic heterocycles. The summed E-state index contributed by atoms with van der Waals surface area (Å²) in [7, 11) is -4.16. The molecule has 1 aromatic heterocycles. The number of nitro groups is 1. The van der Waals surface area contributed by atoms with Gasteiger partial charge in [-0.05, 0) is 29.8 Å². The maximum atomic E-state index is 13.3. The molecule has 10 heteroatoms. The molecule has 0 bridgehead atoms. The summed E-state index contributed by atoms with van der Waals surface area (Å²) in [4.78, 5) is 10.3. The van der Waals surface area contributed by atoms with Crippen molar-refractivity contribution in [3.05, 3.63) is 86.5 Å². The fraction of sp³-hybridized carbons (Fsp3) is 0.0588. The second-order valence-corrected chi connectivity index (χ2v) is 9.20. The van der Waals surface area contributed by atoms with Gasteiger partial charge in [0.15, 0.2) is 4.34 Å². The van der Waals surface area contributed by atoms with Crippen molar-refractivity contribution >= 4 is 44.3 Å². The molecule has 0 saturated carbocycles. The molecule has 3 rings (SSSR count). The van der Waals surface area contributed by atoms with E-state index in [-0.39, 0.29) is 20.8 Å². The van der Waals surface area contributed by atoms with E-state index in [2.05, 4.69) is 0 Å². The van der Waals surface area contributed by atoms with Crippen molar-refractivity contribution in [2.75, 3.05) is 4.31 Å². The summed E-state index contributed by atoms with van der Waals surface area (Å²) < 4.78 is 40.2. The van der Waals surface area contributed by atoms with E-state index in [0.717, 1.165) is 22.5 Å². The maximum absolute atomic E-state index is 13.3. The van der Waals surface area contributed by atoms with E-state index in [4.69, 9.17) is 11.6 Å². The summed E-state index contributed by atoms with van der Waals surface area (Å²) in [6.07, 6.45) is 0. The average molecular weight is 427 g/mol. The van der Waals surface area contributed by atoms with Gasteiger partial charge in [-0.2, -0.15) is 0 Å². The van der Waals surface area contributed by atoms with Crippen LogP contribution in [0, 0.1) is 15.9 Å². The third-order valence-corrected chi connectivity index (χ3v) is 7.23.